The van der Waals surface area contributed by atoms with Gasteiger partial charge >= 0.3 is 0 Å². The quantitative estimate of drug-likeness (QED) is 0.774. The Kier molecular flexibility index (Phi) is 4.65. The van der Waals surface area contributed by atoms with E-state index in [1.807, 2.05) is 18.2 Å². The van der Waals surface area contributed by atoms with Crippen molar-refractivity contribution in [1.82, 2.24) is 19.9 Å². The van der Waals surface area contributed by atoms with E-state index in [4.69, 9.17) is 4.74 Å². The largest absolute Gasteiger partial charge is 0.368 e. The lowest BCUT2D eigenvalue weighted by Crippen LogP contribution is -2.39. The minimum atomic E-state index is -0.379. The minimum Gasteiger partial charge on any atom is -0.368 e. The summed E-state index contributed by atoms with van der Waals surface area (Å²) in [5.74, 6) is 1.46. The van der Waals surface area contributed by atoms with E-state index < -0.39 is 0 Å². The zero-order valence-corrected chi connectivity index (χ0v) is 13.9. The molecular weight excluding hydrogens is 335 g/mol. The van der Waals surface area contributed by atoms with Gasteiger partial charge in [-0.3, -0.25) is 0 Å². The Labute approximate surface area is 149 Å². The van der Waals surface area contributed by atoms with Crippen LogP contribution in [-0.4, -0.2) is 39.6 Å². The Hall–Kier alpha value is -3.13. The van der Waals surface area contributed by atoms with Crippen LogP contribution in [-0.2, 0) is 4.74 Å². The second kappa shape index (κ2) is 7.40. The highest BCUT2D eigenvalue weighted by molar-refractivity contribution is 5.51. The Morgan fingerprint density at radius 2 is 1.92 bits per heavy atom. The zero-order valence-electron chi connectivity index (χ0n) is 13.9. The van der Waals surface area contributed by atoms with Crippen LogP contribution in [0.15, 0.2) is 55.0 Å². The lowest BCUT2D eigenvalue weighted by atomic mass is 10.2. The van der Waals surface area contributed by atoms with Crippen molar-refractivity contribution in [2.75, 3.05) is 29.9 Å². The van der Waals surface area contributed by atoms with Crippen LogP contribution in [0.2, 0.25) is 0 Å². The van der Waals surface area contributed by atoms with E-state index in [2.05, 4.69) is 30.2 Å². The van der Waals surface area contributed by atoms with Gasteiger partial charge in [-0.15, -0.1) is 0 Å². The lowest BCUT2D eigenvalue weighted by Gasteiger charge is -2.32. The Balaban J connectivity index is 1.49. The number of nitrogens with one attached hydrogen (secondary N) is 1. The molecule has 0 saturated carbocycles. The van der Waals surface area contributed by atoms with E-state index in [1.165, 1.54) is 6.07 Å². The molecule has 0 radical (unpaired) electrons. The molecule has 1 fully saturated rings. The van der Waals surface area contributed by atoms with Gasteiger partial charge in [-0.05, 0) is 30.3 Å². The first kappa shape index (κ1) is 16.3. The van der Waals surface area contributed by atoms with E-state index in [0.29, 0.717) is 30.7 Å². The van der Waals surface area contributed by atoms with Crippen molar-refractivity contribution < 1.29 is 9.13 Å². The number of hydrogen-bond acceptors (Lipinski definition) is 7. The second-order valence-corrected chi connectivity index (χ2v) is 5.79. The van der Waals surface area contributed by atoms with Crippen molar-refractivity contribution >= 4 is 17.6 Å². The molecule has 0 amide bonds. The van der Waals surface area contributed by atoms with Crippen molar-refractivity contribution in [3.63, 3.8) is 0 Å². The number of ether oxygens (including phenoxy) is 1. The number of morpholine rings is 1. The van der Waals surface area contributed by atoms with E-state index in [0.717, 1.165) is 18.4 Å². The number of aromatic nitrogens is 4. The van der Waals surface area contributed by atoms with Crippen LogP contribution in [0.25, 0.3) is 0 Å². The van der Waals surface area contributed by atoms with Crippen molar-refractivity contribution in [2.24, 2.45) is 0 Å². The molecule has 0 unspecified atom stereocenters. The van der Waals surface area contributed by atoms with Gasteiger partial charge in [-0.1, -0.05) is 6.07 Å². The molecule has 1 N–H and O–H groups in total. The molecule has 4 rings (SSSR count). The predicted molar refractivity (Wildman–Crippen MR) is 94.7 cm³/mol. The van der Waals surface area contributed by atoms with Crippen LogP contribution < -0.4 is 10.2 Å². The van der Waals surface area contributed by atoms with E-state index in [1.54, 1.807) is 24.5 Å². The third-order valence-corrected chi connectivity index (χ3v) is 3.99. The fraction of sp³-hybridized carbons (Fsp3) is 0.222. The average molecular weight is 352 g/mol. The normalized spacial score (nSPS) is 17.1. The lowest BCUT2D eigenvalue weighted by molar-refractivity contribution is 0.0365. The molecule has 1 saturated heterocycles. The van der Waals surface area contributed by atoms with Gasteiger partial charge in [-0.2, -0.15) is 0 Å². The first-order valence-corrected chi connectivity index (χ1v) is 8.27. The predicted octanol–water partition coefficient (Wildman–Crippen LogP) is 2.73. The van der Waals surface area contributed by atoms with Gasteiger partial charge in [0.1, 0.15) is 23.6 Å². The third kappa shape index (κ3) is 3.75. The molecule has 1 aliphatic rings. The zero-order chi connectivity index (χ0) is 17.8. The molecule has 0 spiro atoms. The molecule has 0 aliphatic carbocycles. The van der Waals surface area contributed by atoms with Crippen LogP contribution in [0.4, 0.5) is 22.0 Å². The van der Waals surface area contributed by atoms with Gasteiger partial charge in [0, 0.05) is 18.9 Å². The van der Waals surface area contributed by atoms with Crippen LogP contribution >= 0.6 is 0 Å². The Morgan fingerprint density at radius 1 is 1.04 bits per heavy atom. The average Bonchev–Trinajstić information content (AvgIpc) is 2.71. The van der Waals surface area contributed by atoms with Crippen LogP contribution in [0.3, 0.4) is 0 Å². The van der Waals surface area contributed by atoms with Crippen LogP contribution in [0.5, 0.6) is 0 Å². The first-order valence-electron chi connectivity index (χ1n) is 8.27. The maximum atomic E-state index is 13.0. The van der Waals surface area contributed by atoms with Gasteiger partial charge < -0.3 is 15.0 Å². The van der Waals surface area contributed by atoms with Crippen molar-refractivity contribution in [3.05, 3.63) is 66.5 Å². The van der Waals surface area contributed by atoms with Gasteiger partial charge in [-0.25, -0.2) is 24.3 Å². The summed E-state index contributed by atoms with van der Waals surface area (Å²) >= 11 is 0. The van der Waals surface area contributed by atoms with E-state index in [9.17, 15) is 4.39 Å². The molecule has 1 atom stereocenters. The van der Waals surface area contributed by atoms with E-state index in [-0.39, 0.29) is 11.9 Å². The summed E-state index contributed by atoms with van der Waals surface area (Å²) in [7, 11) is 0. The van der Waals surface area contributed by atoms with Crippen molar-refractivity contribution in [1.29, 1.82) is 0 Å². The Bertz CT molecular complexity index is 861. The molecule has 4 heterocycles. The molecule has 132 valence electrons. The topological polar surface area (TPSA) is 76.1 Å². The number of halogens is 1. The highest BCUT2D eigenvalue weighted by Crippen LogP contribution is 2.24. The molecular formula is C18H17FN6O. The standard InChI is InChI=1S/C18H17FN6O/c19-13-5-6-16(22-11-13)24-17-4-1-3-14(23-17)15-12-25(9-10-26-15)18-20-7-2-8-21-18/h1-8,11,15H,9-10,12H2,(H,22,23,24)/t15-/m1/s1. The third-order valence-electron chi connectivity index (χ3n) is 3.99. The molecule has 0 aromatic carbocycles. The maximum absolute atomic E-state index is 13.0. The van der Waals surface area contributed by atoms with Gasteiger partial charge in [0.15, 0.2) is 0 Å². The fourth-order valence-electron chi connectivity index (χ4n) is 2.75. The summed E-state index contributed by atoms with van der Waals surface area (Å²) in [5, 5.41) is 3.07. The summed E-state index contributed by atoms with van der Waals surface area (Å²) in [4.78, 5) is 19.3. The number of hydrogen-bond donors (Lipinski definition) is 1. The number of anilines is 3. The molecule has 26 heavy (non-hydrogen) atoms. The van der Waals surface area contributed by atoms with Crippen LogP contribution in [0, 0.1) is 5.82 Å². The maximum Gasteiger partial charge on any atom is 0.225 e. The van der Waals surface area contributed by atoms with E-state index >= 15 is 0 Å². The molecule has 8 heteroatoms. The number of rotatable bonds is 4. The number of nitrogens with zero attached hydrogens (tertiary/aromatic N) is 5. The first-order chi connectivity index (χ1) is 12.8. The van der Waals surface area contributed by atoms with Crippen molar-refractivity contribution in [2.45, 2.75) is 6.10 Å². The summed E-state index contributed by atoms with van der Waals surface area (Å²) in [6.07, 6.45) is 4.43. The molecule has 7 nitrogen and oxygen atoms in total. The second-order valence-electron chi connectivity index (χ2n) is 5.79. The van der Waals surface area contributed by atoms with Crippen LogP contribution in [0.1, 0.15) is 11.8 Å². The van der Waals surface area contributed by atoms with Gasteiger partial charge in [0.25, 0.3) is 0 Å². The van der Waals surface area contributed by atoms with Crippen molar-refractivity contribution in [3.8, 4) is 0 Å². The highest BCUT2D eigenvalue weighted by atomic mass is 19.1. The molecule has 3 aromatic heterocycles. The highest BCUT2D eigenvalue weighted by Gasteiger charge is 2.24. The van der Waals surface area contributed by atoms with Gasteiger partial charge in [0.05, 0.1) is 25.0 Å². The summed E-state index contributed by atoms with van der Waals surface area (Å²) in [6.45, 7) is 1.93. The molecule has 0 bridgehead atoms. The summed E-state index contributed by atoms with van der Waals surface area (Å²) in [6, 6.07) is 10.4. The summed E-state index contributed by atoms with van der Waals surface area (Å²) in [5.41, 5.74) is 0.803. The molecule has 1 aliphatic heterocycles. The summed E-state index contributed by atoms with van der Waals surface area (Å²) < 4.78 is 18.9. The fourth-order valence-corrected chi connectivity index (χ4v) is 2.75. The van der Waals surface area contributed by atoms with Gasteiger partial charge in [0.2, 0.25) is 5.95 Å². The SMILES string of the molecule is Fc1ccc(Nc2cccc([C@H]3CN(c4ncccn4)CCO3)n2)nc1. The molecule has 3 aromatic rings. The Morgan fingerprint density at radius 3 is 2.73 bits per heavy atom. The smallest absolute Gasteiger partial charge is 0.225 e. The minimum absolute atomic E-state index is 0.185. The monoisotopic (exact) mass is 352 g/mol. The number of pyridine rings is 2.